The lowest BCUT2D eigenvalue weighted by Gasteiger charge is -2.38. The zero-order valence-electron chi connectivity index (χ0n) is 11.8. The van der Waals surface area contributed by atoms with Crippen LogP contribution < -0.4 is 10.2 Å². The van der Waals surface area contributed by atoms with E-state index in [2.05, 4.69) is 39.2 Å². The molecule has 2 aliphatic heterocycles. The van der Waals surface area contributed by atoms with E-state index in [4.69, 9.17) is 0 Å². The molecule has 1 atom stereocenters. The van der Waals surface area contributed by atoms with E-state index in [-0.39, 0.29) is 0 Å². The molecular formula is C15H24N4. The average molecular weight is 260 g/mol. The second-order valence-corrected chi connectivity index (χ2v) is 5.58. The Morgan fingerprint density at radius 1 is 1.37 bits per heavy atom. The van der Waals surface area contributed by atoms with Crippen molar-refractivity contribution in [1.82, 2.24) is 15.2 Å². The molecule has 104 valence electrons. The summed E-state index contributed by atoms with van der Waals surface area (Å²) in [5, 5.41) is 3.38. The molecule has 1 aromatic rings. The maximum atomic E-state index is 4.56. The monoisotopic (exact) mass is 260 g/mol. The Kier molecular flexibility index (Phi) is 3.99. The Balaban J connectivity index is 1.68. The maximum absolute atomic E-state index is 4.56. The summed E-state index contributed by atoms with van der Waals surface area (Å²) in [4.78, 5) is 9.66. The average Bonchev–Trinajstić information content (AvgIpc) is 2.92. The first-order chi connectivity index (χ1) is 9.36. The third-order valence-corrected chi connectivity index (χ3v) is 4.30. The van der Waals surface area contributed by atoms with Gasteiger partial charge in [-0.25, -0.2) is 4.98 Å². The van der Waals surface area contributed by atoms with Gasteiger partial charge in [-0.05, 0) is 43.6 Å². The first kappa shape index (κ1) is 12.9. The largest absolute Gasteiger partial charge is 0.354 e. The molecule has 2 aliphatic rings. The summed E-state index contributed by atoms with van der Waals surface area (Å²) in [6.45, 7) is 8.86. The zero-order chi connectivity index (χ0) is 13.1. The van der Waals surface area contributed by atoms with Crippen LogP contribution >= 0.6 is 0 Å². The molecule has 4 nitrogen and oxygen atoms in total. The van der Waals surface area contributed by atoms with Gasteiger partial charge in [0.15, 0.2) is 0 Å². The summed E-state index contributed by atoms with van der Waals surface area (Å²) in [6.07, 6.45) is 4.67. The number of rotatable bonds is 4. The number of nitrogens with zero attached hydrogens (tertiary/aromatic N) is 3. The van der Waals surface area contributed by atoms with Crippen molar-refractivity contribution in [2.24, 2.45) is 0 Å². The van der Waals surface area contributed by atoms with Crippen molar-refractivity contribution in [3.8, 4) is 0 Å². The highest BCUT2D eigenvalue weighted by molar-refractivity contribution is 5.42. The van der Waals surface area contributed by atoms with E-state index in [0.29, 0.717) is 0 Å². The van der Waals surface area contributed by atoms with Crippen LogP contribution in [-0.4, -0.2) is 48.6 Å². The molecule has 1 aromatic heterocycles. The fourth-order valence-electron chi connectivity index (χ4n) is 3.21. The molecule has 1 N–H and O–H groups in total. The third kappa shape index (κ3) is 2.90. The van der Waals surface area contributed by atoms with Crippen LogP contribution in [0, 0.1) is 0 Å². The standard InChI is InChI=1S/C15H24N4/c1-2-16-11-13-5-6-17-15(10-13)19-9-8-18-7-3-4-14(18)12-19/h5-6,10,14,16H,2-4,7-9,11-12H2,1H3. The highest BCUT2D eigenvalue weighted by Crippen LogP contribution is 2.24. The highest BCUT2D eigenvalue weighted by Gasteiger charge is 2.30. The normalized spacial score (nSPS) is 23.6. The molecule has 4 heteroatoms. The van der Waals surface area contributed by atoms with Gasteiger partial charge >= 0.3 is 0 Å². The van der Waals surface area contributed by atoms with Crippen molar-refractivity contribution >= 4 is 5.82 Å². The smallest absolute Gasteiger partial charge is 0.128 e. The third-order valence-electron chi connectivity index (χ3n) is 4.30. The van der Waals surface area contributed by atoms with Crippen LogP contribution in [0.2, 0.25) is 0 Å². The minimum absolute atomic E-state index is 0.757. The zero-order valence-corrected chi connectivity index (χ0v) is 11.8. The lowest BCUT2D eigenvalue weighted by Crippen LogP contribution is -2.50. The van der Waals surface area contributed by atoms with Gasteiger partial charge in [0, 0.05) is 38.4 Å². The maximum Gasteiger partial charge on any atom is 0.128 e. The van der Waals surface area contributed by atoms with Gasteiger partial charge in [-0.1, -0.05) is 6.92 Å². The van der Waals surface area contributed by atoms with Crippen LogP contribution in [0.25, 0.3) is 0 Å². The molecule has 0 bridgehead atoms. The van der Waals surface area contributed by atoms with E-state index < -0.39 is 0 Å². The molecule has 3 rings (SSSR count). The first-order valence-corrected chi connectivity index (χ1v) is 7.51. The second kappa shape index (κ2) is 5.88. The summed E-state index contributed by atoms with van der Waals surface area (Å²) in [7, 11) is 0. The molecule has 0 radical (unpaired) electrons. The summed E-state index contributed by atoms with van der Waals surface area (Å²) < 4.78 is 0. The van der Waals surface area contributed by atoms with Crippen LogP contribution in [0.5, 0.6) is 0 Å². The molecule has 19 heavy (non-hydrogen) atoms. The van der Waals surface area contributed by atoms with E-state index in [1.807, 2.05) is 6.20 Å². The Hall–Kier alpha value is -1.13. The molecule has 0 aromatic carbocycles. The predicted octanol–water partition coefficient (Wildman–Crippen LogP) is 1.48. The van der Waals surface area contributed by atoms with E-state index in [0.717, 1.165) is 38.0 Å². The van der Waals surface area contributed by atoms with Crippen LogP contribution in [-0.2, 0) is 6.54 Å². The molecule has 0 amide bonds. The van der Waals surface area contributed by atoms with Crippen molar-refractivity contribution in [2.75, 3.05) is 37.6 Å². The highest BCUT2D eigenvalue weighted by atomic mass is 15.3. The minimum Gasteiger partial charge on any atom is -0.354 e. The van der Waals surface area contributed by atoms with Gasteiger partial charge in [0.1, 0.15) is 5.82 Å². The summed E-state index contributed by atoms with van der Waals surface area (Å²) in [6, 6.07) is 5.11. The van der Waals surface area contributed by atoms with Crippen molar-refractivity contribution in [1.29, 1.82) is 0 Å². The first-order valence-electron chi connectivity index (χ1n) is 7.51. The summed E-state index contributed by atoms with van der Waals surface area (Å²) in [5.41, 5.74) is 1.33. The molecule has 0 saturated carbocycles. The summed E-state index contributed by atoms with van der Waals surface area (Å²) in [5.74, 6) is 1.15. The molecule has 3 heterocycles. The Labute approximate surface area is 115 Å². The predicted molar refractivity (Wildman–Crippen MR) is 78.4 cm³/mol. The number of pyridine rings is 1. The van der Waals surface area contributed by atoms with Crippen molar-refractivity contribution in [3.63, 3.8) is 0 Å². The number of nitrogens with one attached hydrogen (secondary N) is 1. The van der Waals surface area contributed by atoms with E-state index >= 15 is 0 Å². The fourth-order valence-corrected chi connectivity index (χ4v) is 3.21. The molecular weight excluding hydrogens is 236 g/mol. The summed E-state index contributed by atoms with van der Waals surface area (Å²) >= 11 is 0. The van der Waals surface area contributed by atoms with Crippen molar-refractivity contribution < 1.29 is 0 Å². The van der Waals surface area contributed by atoms with Gasteiger partial charge in [0.2, 0.25) is 0 Å². The lowest BCUT2D eigenvalue weighted by molar-refractivity contribution is 0.230. The Morgan fingerprint density at radius 3 is 3.21 bits per heavy atom. The molecule has 2 saturated heterocycles. The Morgan fingerprint density at radius 2 is 2.32 bits per heavy atom. The second-order valence-electron chi connectivity index (χ2n) is 5.58. The van der Waals surface area contributed by atoms with Gasteiger partial charge in [0.25, 0.3) is 0 Å². The van der Waals surface area contributed by atoms with Crippen molar-refractivity contribution in [2.45, 2.75) is 32.4 Å². The molecule has 1 unspecified atom stereocenters. The van der Waals surface area contributed by atoms with Crippen LogP contribution in [0.1, 0.15) is 25.3 Å². The van der Waals surface area contributed by atoms with Gasteiger partial charge < -0.3 is 10.2 Å². The van der Waals surface area contributed by atoms with E-state index in [1.54, 1.807) is 0 Å². The lowest BCUT2D eigenvalue weighted by atomic mass is 10.1. The van der Waals surface area contributed by atoms with Gasteiger partial charge in [-0.15, -0.1) is 0 Å². The van der Waals surface area contributed by atoms with Crippen LogP contribution in [0.15, 0.2) is 18.3 Å². The van der Waals surface area contributed by atoms with Crippen LogP contribution in [0.3, 0.4) is 0 Å². The van der Waals surface area contributed by atoms with Gasteiger partial charge in [-0.3, -0.25) is 4.90 Å². The minimum atomic E-state index is 0.757. The molecule has 2 fully saturated rings. The Bertz CT molecular complexity index is 420. The SMILES string of the molecule is CCNCc1ccnc(N2CCN3CCCC3C2)c1. The number of fused-ring (bicyclic) bond motifs is 1. The number of hydrogen-bond acceptors (Lipinski definition) is 4. The molecule has 0 aliphatic carbocycles. The quantitative estimate of drug-likeness (QED) is 0.888. The fraction of sp³-hybridized carbons (Fsp3) is 0.667. The number of piperazine rings is 1. The van der Waals surface area contributed by atoms with Crippen LogP contribution in [0.4, 0.5) is 5.82 Å². The topological polar surface area (TPSA) is 31.4 Å². The van der Waals surface area contributed by atoms with E-state index in [1.165, 1.54) is 31.5 Å². The molecule has 0 spiro atoms. The van der Waals surface area contributed by atoms with E-state index in [9.17, 15) is 0 Å². The van der Waals surface area contributed by atoms with Gasteiger partial charge in [0.05, 0.1) is 0 Å². The number of hydrogen-bond donors (Lipinski definition) is 1. The van der Waals surface area contributed by atoms with Crippen molar-refractivity contribution in [3.05, 3.63) is 23.9 Å². The number of anilines is 1. The van der Waals surface area contributed by atoms with Gasteiger partial charge in [-0.2, -0.15) is 0 Å². The number of aromatic nitrogens is 1.